The molecule has 4 rings (SSSR count). The number of hydrogen-bond donors (Lipinski definition) is 1. The molecule has 1 aliphatic heterocycles. The molecule has 1 unspecified atom stereocenters. The van der Waals surface area contributed by atoms with E-state index in [0.29, 0.717) is 12.1 Å². The van der Waals surface area contributed by atoms with Crippen LogP contribution in [0.5, 0.6) is 0 Å². The van der Waals surface area contributed by atoms with Crippen molar-refractivity contribution in [3.05, 3.63) is 88.4 Å². The fourth-order valence-electron chi connectivity index (χ4n) is 3.33. The Kier molecular flexibility index (Phi) is 3.93. The van der Waals surface area contributed by atoms with Crippen LogP contribution in [-0.2, 0) is 6.54 Å². The molecule has 0 bridgehead atoms. The Bertz CT molecular complexity index is 925. The van der Waals surface area contributed by atoms with Crippen LogP contribution in [0, 0.1) is 0 Å². The van der Waals surface area contributed by atoms with Crippen LogP contribution >= 0.6 is 0 Å². The first-order valence-corrected chi connectivity index (χ1v) is 8.30. The van der Waals surface area contributed by atoms with Gasteiger partial charge >= 0.3 is 0 Å². The number of nitrogens with one attached hydrogen (secondary N) is 1. The lowest BCUT2D eigenvalue weighted by atomic mass is 10.0. The highest BCUT2D eigenvalue weighted by Gasteiger charge is 2.32. The molecular formula is C19H18N4O2. The molecule has 1 N–H and O–H groups in total. The molecule has 1 atom stereocenters. The highest BCUT2D eigenvalue weighted by Crippen LogP contribution is 2.31. The highest BCUT2D eigenvalue weighted by molar-refractivity contribution is 5.94. The first kappa shape index (κ1) is 15.4. The summed E-state index contributed by atoms with van der Waals surface area (Å²) in [6, 6.07) is 12.6. The number of carbonyl (C=O) groups excluding carboxylic acids is 1. The molecule has 2 aromatic heterocycles. The minimum atomic E-state index is -0.252. The maximum atomic E-state index is 13.1. The minimum absolute atomic E-state index is 0.110. The summed E-state index contributed by atoms with van der Waals surface area (Å²) >= 11 is 0. The number of imidazole rings is 1. The van der Waals surface area contributed by atoms with Gasteiger partial charge in [-0.3, -0.25) is 9.59 Å². The first-order chi connectivity index (χ1) is 12.2. The van der Waals surface area contributed by atoms with Crippen molar-refractivity contribution in [2.75, 3.05) is 6.54 Å². The second-order valence-electron chi connectivity index (χ2n) is 6.09. The van der Waals surface area contributed by atoms with Crippen LogP contribution in [0.4, 0.5) is 0 Å². The summed E-state index contributed by atoms with van der Waals surface area (Å²) in [6.07, 6.45) is 6.06. The Labute approximate surface area is 144 Å². The molecule has 6 heteroatoms. The van der Waals surface area contributed by atoms with Crippen LogP contribution < -0.4 is 5.56 Å². The SMILES string of the molecule is O=C(c1ccc(=O)[nH]c1)N1CCCn2ccnc2C1c1ccccc1. The molecule has 3 aromatic rings. The number of aryl methyl sites for hydroxylation is 1. The van der Waals surface area contributed by atoms with Gasteiger partial charge < -0.3 is 14.5 Å². The average Bonchev–Trinajstić information content (AvgIpc) is 3.02. The molecule has 126 valence electrons. The lowest BCUT2D eigenvalue weighted by Crippen LogP contribution is -2.36. The van der Waals surface area contributed by atoms with Crippen molar-refractivity contribution in [2.24, 2.45) is 0 Å². The number of rotatable bonds is 2. The summed E-state index contributed by atoms with van der Waals surface area (Å²) in [5.74, 6) is 0.753. The van der Waals surface area contributed by atoms with Crippen LogP contribution in [0.1, 0.15) is 34.2 Å². The minimum Gasteiger partial charge on any atom is -0.333 e. The molecule has 0 fully saturated rings. The quantitative estimate of drug-likeness (QED) is 0.781. The van der Waals surface area contributed by atoms with E-state index in [9.17, 15) is 9.59 Å². The largest absolute Gasteiger partial charge is 0.333 e. The molecule has 1 amide bonds. The number of hydrogen-bond acceptors (Lipinski definition) is 3. The predicted octanol–water partition coefficient (Wildman–Crippen LogP) is 2.21. The van der Waals surface area contributed by atoms with Gasteiger partial charge in [-0.05, 0) is 18.1 Å². The summed E-state index contributed by atoms with van der Waals surface area (Å²) in [4.78, 5) is 33.4. The lowest BCUT2D eigenvalue weighted by molar-refractivity contribution is 0.0706. The number of carbonyl (C=O) groups is 1. The van der Waals surface area contributed by atoms with Crippen molar-refractivity contribution in [3.63, 3.8) is 0 Å². The topological polar surface area (TPSA) is 71.0 Å². The number of pyridine rings is 1. The van der Waals surface area contributed by atoms with Crippen molar-refractivity contribution in [1.82, 2.24) is 19.4 Å². The summed E-state index contributed by atoms with van der Waals surface area (Å²) in [5.41, 5.74) is 1.28. The summed E-state index contributed by atoms with van der Waals surface area (Å²) in [7, 11) is 0. The molecule has 3 heterocycles. The zero-order chi connectivity index (χ0) is 17.2. The molecule has 25 heavy (non-hydrogen) atoms. The van der Waals surface area contributed by atoms with Gasteiger partial charge in [0, 0.05) is 37.7 Å². The number of aromatic nitrogens is 3. The standard InChI is InChI=1S/C19H18N4O2/c24-16-8-7-15(13-21-16)19(25)23-11-4-10-22-12-9-20-18(22)17(23)14-5-2-1-3-6-14/h1-3,5-9,12-13,17H,4,10-11H2,(H,21,24). The van der Waals surface area contributed by atoms with E-state index >= 15 is 0 Å². The third kappa shape index (κ3) is 2.87. The van der Waals surface area contributed by atoms with E-state index in [1.54, 1.807) is 12.3 Å². The summed E-state index contributed by atoms with van der Waals surface area (Å²) in [5, 5.41) is 0. The third-order valence-corrected chi connectivity index (χ3v) is 4.51. The smallest absolute Gasteiger partial charge is 0.256 e. The van der Waals surface area contributed by atoms with Gasteiger partial charge in [0.05, 0.1) is 5.56 Å². The zero-order valence-corrected chi connectivity index (χ0v) is 13.6. The Morgan fingerprint density at radius 3 is 2.72 bits per heavy atom. The number of fused-ring (bicyclic) bond motifs is 1. The molecule has 0 aliphatic carbocycles. The Morgan fingerprint density at radius 1 is 1.12 bits per heavy atom. The van der Waals surface area contributed by atoms with Gasteiger partial charge in [0.25, 0.3) is 5.91 Å². The normalized spacial score (nSPS) is 17.0. The molecule has 0 saturated carbocycles. The molecule has 0 radical (unpaired) electrons. The molecule has 0 saturated heterocycles. The van der Waals surface area contributed by atoms with Gasteiger partial charge in [-0.25, -0.2) is 4.98 Å². The van der Waals surface area contributed by atoms with Crippen molar-refractivity contribution in [1.29, 1.82) is 0 Å². The maximum absolute atomic E-state index is 13.1. The predicted molar refractivity (Wildman–Crippen MR) is 93.2 cm³/mol. The second-order valence-corrected chi connectivity index (χ2v) is 6.09. The number of H-pyrrole nitrogens is 1. The fraction of sp³-hybridized carbons (Fsp3) is 0.211. The van der Waals surface area contributed by atoms with Crippen LogP contribution in [0.2, 0.25) is 0 Å². The van der Waals surface area contributed by atoms with E-state index in [1.807, 2.05) is 41.4 Å². The second kappa shape index (κ2) is 6.39. The molecule has 1 aromatic carbocycles. The molecular weight excluding hydrogens is 316 g/mol. The number of aromatic amines is 1. The Hall–Kier alpha value is -3.15. The van der Waals surface area contributed by atoms with E-state index < -0.39 is 0 Å². The van der Waals surface area contributed by atoms with Crippen molar-refractivity contribution in [3.8, 4) is 0 Å². The van der Waals surface area contributed by atoms with Crippen molar-refractivity contribution in [2.45, 2.75) is 19.0 Å². The number of benzene rings is 1. The third-order valence-electron chi connectivity index (χ3n) is 4.51. The zero-order valence-electron chi connectivity index (χ0n) is 13.6. The van der Waals surface area contributed by atoms with Gasteiger partial charge in [0.15, 0.2) is 0 Å². The Balaban J connectivity index is 1.80. The van der Waals surface area contributed by atoms with Crippen LogP contribution in [-0.4, -0.2) is 31.9 Å². The van der Waals surface area contributed by atoms with Crippen LogP contribution in [0.25, 0.3) is 0 Å². The van der Waals surface area contributed by atoms with Gasteiger partial charge in [-0.1, -0.05) is 30.3 Å². The van der Waals surface area contributed by atoms with E-state index in [2.05, 4.69) is 14.5 Å². The average molecular weight is 334 g/mol. The lowest BCUT2D eigenvalue weighted by Gasteiger charge is -2.30. The summed E-state index contributed by atoms with van der Waals surface area (Å²) < 4.78 is 2.11. The Morgan fingerprint density at radius 2 is 1.96 bits per heavy atom. The van der Waals surface area contributed by atoms with Gasteiger partial charge in [0.2, 0.25) is 5.56 Å². The van der Waals surface area contributed by atoms with Crippen molar-refractivity contribution >= 4 is 5.91 Å². The van der Waals surface area contributed by atoms with Crippen LogP contribution in [0.3, 0.4) is 0 Å². The highest BCUT2D eigenvalue weighted by atomic mass is 16.2. The van der Waals surface area contributed by atoms with E-state index in [-0.39, 0.29) is 17.5 Å². The molecule has 6 nitrogen and oxygen atoms in total. The maximum Gasteiger partial charge on any atom is 0.256 e. The monoisotopic (exact) mass is 334 g/mol. The van der Waals surface area contributed by atoms with Crippen LogP contribution in [0.15, 0.2) is 65.8 Å². The molecule has 0 spiro atoms. The summed E-state index contributed by atoms with van der Waals surface area (Å²) in [6.45, 7) is 1.45. The first-order valence-electron chi connectivity index (χ1n) is 8.30. The van der Waals surface area contributed by atoms with Gasteiger partial charge in [-0.2, -0.15) is 0 Å². The number of amides is 1. The van der Waals surface area contributed by atoms with E-state index in [4.69, 9.17) is 0 Å². The van der Waals surface area contributed by atoms with Crippen molar-refractivity contribution < 1.29 is 4.79 Å². The fourth-order valence-corrected chi connectivity index (χ4v) is 3.33. The van der Waals surface area contributed by atoms with E-state index in [0.717, 1.165) is 24.4 Å². The van der Waals surface area contributed by atoms with Gasteiger partial charge in [-0.15, -0.1) is 0 Å². The number of nitrogens with zero attached hydrogens (tertiary/aromatic N) is 3. The van der Waals surface area contributed by atoms with E-state index in [1.165, 1.54) is 12.3 Å². The molecule has 1 aliphatic rings. The van der Waals surface area contributed by atoms with Gasteiger partial charge in [0.1, 0.15) is 11.9 Å².